The molecular formula is C74H64N4O3Si2. The Morgan fingerprint density at radius 2 is 1.08 bits per heavy atom. The second kappa shape index (κ2) is 19.4. The van der Waals surface area contributed by atoms with Gasteiger partial charge in [0.05, 0.1) is 32.9 Å². The van der Waals surface area contributed by atoms with Crippen molar-refractivity contribution in [1.29, 1.82) is 0 Å². The van der Waals surface area contributed by atoms with Gasteiger partial charge in [-0.3, -0.25) is 0 Å². The van der Waals surface area contributed by atoms with E-state index in [4.69, 9.17) is 13.3 Å². The van der Waals surface area contributed by atoms with Gasteiger partial charge in [0, 0.05) is 73.6 Å². The van der Waals surface area contributed by atoms with Crippen LogP contribution in [0.2, 0.25) is 39.3 Å². The third-order valence-electron chi connectivity index (χ3n) is 17.0. The number of anilines is 6. The molecule has 0 saturated heterocycles. The Balaban J connectivity index is 1.10. The minimum Gasteiger partial charge on any atom is -0.454 e. The number of pyridine rings is 1. The second-order valence-corrected chi connectivity index (χ2v) is 34.6. The summed E-state index contributed by atoms with van der Waals surface area (Å²) in [5, 5.41) is 7.87. The number of benzene rings is 9. The highest BCUT2D eigenvalue weighted by Crippen LogP contribution is 2.62. The summed E-state index contributed by atoms with van der Waals surface area (Å²) in [5.41, 5.74) is 19.0. The predicted octanol–water partition coefficient (Wildman–Crippen LogP) is 20.0. The largest absolute Gasteiger partial charge is 0.454 e. The summed E-state index contributed by atoms with van der Waals surface area (Å²) in [6.45, 7) is 24.7. The molecule has 4 aromatic heterocycles. The molecule has 14 rings (SSSR count). The van der Waals surface area contributed by atoms with Gasteiger partial charge in [-0.25, -0.2) is 9.98 Å². The lowest BCUT2D eigenvalue weighted by molar-refractivity contribution is 0.626. The average Bonchev–Trinajstić information content (AvgIpc) is 1.60. The summed E-state index contributed by atoms with van der Waals surface area (Å²) in [6.07, 6.45) is 5.85. The number of para-hydroxylation sites is 1. The summed E-state index contributed by atoms with van der Waals surface area (Å²) >= 11 is 0. The van der Waals surface area contributed by atoms with Crippen molar-refractivity contribution in [2.75, 3.05) is 9.80 Å². The number of furan rings is 3. The predicted molar refractivity (Wildman–Crippen MR) is 355 cm³/mol. The number of rotatable bonds is 12. The molecular weight excluding hydrogens is 1050 g/mol. The maximum Gasteiger partial charge on any atom is 0.227 e. The Kier molecular flexibility index (Phi) is 12.1. The molecule has 1 aliphatic carbocycles. The molecule has 406 valence electrons. The molecule has 0 atom stereocenters. The Hall–Kier alpha value is -9.29. The first-order chi connectivity index (χ1) is 40.1. The van der Waals surface area contributed by atoms with Gasteiger partial charge in [0.15, 0.2) is 5.58 Å². The molecule has 9 aromatic carbocycles. The zero-order chi connectivity index (χ0) is 57.1. The highest BCUT2D eigenvalue weighted by atomic mass is 28.3. The van der Waals surface area contributed by atoms with Gasteiger partial charge in [0.1, 0.15) is 16.7 Å². The van der Waals surface area contributed by atoms with Crippen molar-refractivity contribution in [2.24, 2.45) is 4.99 Å². The van der Waals surface area contributed by atoms with Gasteiger partial charge in [-0.2, -0.15) is 0 Å². The molecule has 0 fully saturated rings. The van der Waals surface area contributed by atoms with E-state index in [1.807, 2.05) is 25.1 Å². The molecule has 7 nitrogen and oxygen atoms in total. The Morgan fingerprint density at radius 3 is 1.72 bits per heavy atom. The summed E-state index contributed by atoms with van der Waals surface area (Å²) in [4.78, 5) is 13.7. The number of hydrogen-bond donors (Lipinski definition) is 0. The van der Waals surface area contributed by atoms with Crippen LogP contribution in [0.3, 0.4) is 0 Å². The van der Waals surface area contributed by atoms with Gasteiger partial charge in [-0.15, -0.1) is 0 Å². The normalized spacial score (nSPS) is 13.2. The van der Waals surface area contributed by atoms with Crippen LogP contribution in [0.1, 0.15) is 45.9 Å². The van der Waals surface area contributed by atoms with E-state index in [0.717, 1.165) is 106 Å². The van der Waals surface area contributed by atoms with Gasteiger partial charge in [0.2, 0.25) is 11.6 Å². The van der Waals surface area contributed by atoms with Crippen molar-refractivity contribution in [3.8, 4) is 11.1 Å². The number of aryl methyl sites for hydroxylation is 2. The topological polar surface area (TPSA) is 71.2 Å². The van der Waals surface area contributed by atoms with Crippen molar-refractivity contribution in [2.45, 2.75) is 65.5 Å². The molecule has 83 heavy (non-hydrogen) atoms. The number of hydrogen-bond acceptors (Lipinski definition) is 7. The highest BCUT2D eigenvalue weighted by Gasteiger charge is 2.49. The summed E-state index contributed by atoms with van der Waals surface area (Å²) in [6, 6.07) is 72.0. The highest BCUT2D eigenvalue weighted by molar-refractivity contribution is 6.89. The van der Waals surface area contributed by atoms with E-state index in [9.17, 15) is 0 Å². The third-order valence-corrected chi connectivity index (χ3v) is 21.1. The Morgan fingerprint density at radius 1 is 0.506 bits per heavy atom. The molecule has 13 aromatic rings. The lowest BCUT2D eigenvalue weighted by atomic mass is 9.67. The van der Waals surface area contributed by atoms with Crippen molar-refractivity contribution in [1.82, 2.24) is 4.98 Å². The van der Waals surface area contributed by atoms with Crippen molar-refractivity contribution in [3.05, 3.63) is 245 Å². The SMILES string of the molecule is C=Nc1oc2cc(N(c3ccc([Si](C)(C)C)cc3)c3ccc4c(c3)C(c3cccc(C)c3)(c3cccc(C)c3)c3cc(N(c5ccc([Si](C)(C)C)cc5)c5ccc6c(c5)oc5ncccc56)c5oc6ccccc6c5c3-4)ccc2c1/C=C\C. The molecule has 0 radical (unpaired) electrons. The zero-order valence-electron chi connectivity index (χ0n) is 48.4. The monoisotopic (exact) mass is 1110 g/mol. The third kappa shape index (κ3) is 8.35. The molecule has 0 amide bonds. The summed E-state index contributed by atoms with van der Waals surface area (Å²) < 4.78 is 20.5. The van der Waals surface area contributed by atoms with E-state index in [-0.39, 0.29) is 0 Å². The smallest absolute Gasteiger partial charge is 0.227 e. The molecule has 9 heteroatoms. The molecule has 4 heterocycles. The number of aromatic nitrogens is 1. The lowest BCUT2D eigenvalue weighted by Crippen LogP contribution is -2.37. The van der Waals surface area contributed by atoms with Crippen LogP contribution in [0.5, 0.6) is 0 Å². The van der Waals surface area contributed by atoms with Crippen LogP contribution in [0, 0.1) is 13.8 Å². The quantitative estimate of drug-likeness (QED) is 0.0897. The van der Waals surface area contributed by atoms with Crippen LogP contribution < -0.4 is 20.2 Å². The van der Waals surface area contributed by atoms with Crippen LogP contribution >= 0.6 is 0 Å². The first kappa shape index (κ1) is 51.8. The van der Waals surface area contributed by atoms with E-state index in [0.29, 0.717) is 11.6 Å². The van der Waals surface area contributed by atoms with E-state index >= 15 is 0 Å². The van der Waals surface area contributed by atoms with Gasteiger partial charge >= 0.3 is 0 Å². The van der Waals surface area contributed by atoms with E-state index < -0.39 is 21.6 Å². The minimum atomic E-state index is -1.68. The molecule has 0 bridgehead atoms. The van der Waals surface area contributed by atoms with Crippen molar-refractivity contribution < 1.29 is 13.3 Å². The van der Waals surface area contributed by atoms with Crippen LogP contribution in [-0.2, 0) is 5.41 Å². The molecule has 0 saturated carbocycles. The van der Waals surface area contributed by atoms with E-state index in [1.54, 1.807) is 6.20 Å². The van der Waals surface area contributed by atoms with Crippen LogP contribution in [0.25, 0.3) is 72.2 Å². The fourth-order valence-corrected chi connectivity index (χ4v) is 15.4. The van der Waals surface area contributed by atoms with E-state index in [2.05, 4.69) is 268 Å². The minimum absolute atomic E-state index is 0.504. The van der Waals surface area contributed by atoms with Crippen LogP contribution in [0.4, 0.5) is 40.0 Å². The number of fused-ring (bicyclic) bond motifs is 11. The Bertz CT molecular complexity index is 4730. The van der Waals surface area contributed by atoms with Crippen molar-refractivity contribution >= 4 is 134 Å². The zero-order valence-corrected chi connectivity index (χ0v) is 50.4. The molecule has 1 aliphatic rings. The number of nitrogens with zero attached hydrogens (tertiary/aromatic N) is 4. The van der Waals surface area contributed by atoms with Crippen LogP contribution in [0.15, 0.2) is 225 Å². The van der Waals surface area contributed by atoms with Crippen molar-refractivity contribution in [3.63, 3.8) is 0 Å². The van der Waals surface area contributed by atoms with Gasteiger partial charge < -0.3 is 23.1 Å². The molecule has 0 unspecified atom stereocenters. The average molecular weight is 1110 g/mol. The standard InChI is InChI=1S/C74H64N4O3Si2/c1-11-17-59-57-36-29-53(43-67(57)80-72(59)75-4)77(50-25-32-55(33-26-50)82(5,6)7)52-31-38-61-63(42-52)74(48-20-14-18-46(2)40-48,49-21-15-19-47(3)41-49)64-45-65(71-70(69(61)64)62-22-12-13-24-66(62)79-71)78(51-27-34-56(35-28-51)83(8,9)10)54-30-37-58-60-23-16-39-76-73(60)81-68(58)44-54/h11-45H,4H2,1-3,5-10H3/b17-11-. The van der Waals surface area contributed by atoms with Gasteiger partial charge in [-0.1, -0.05) is 170 Å². The lowest BCUT2D eigenvalue weighted by Gasteiger charge is -2.36. The molecule has 0 aliphatic heterocycles. The van der Waals surface area contributed by atoms with Crippen LogP contribution in [-0.4, -0.2) is 27.8 Å². The first-order valence-corrected chi connectivity index (χ1v) is 35.6. The maximum atomic E-state index is 7.36. The van der Waals surface area contributed by atoms with Gasteiger partial charge in [-0.05, 0) is 146 Å². The first-order valence-electron chi connectivity index (χ1n) is 28.6. The van der Waals surface area contributed by atoms with Gasteiger partial charge in [0.25, 0.3) is 0 Å². The number of allylic oxidation sites excluding steroid dienone is 1. The maximum absolute atomic E-state index is 7.36. The summed E-state index contributed by atoms with van der Waals surface area (Å²) in [5.74, 6) is 0.504. The summed E-state index contributed by atoms with van der Waals surface area (Å²) in [7, 11) is -3.34. The van der Waals surface area contributed by atoms with E-state index in [1.165, 1.54) is 38.2 Å². The second-order valence-electron chi connectivity index (χ2n) is 24.4. The Labute approximate surface area is 486 Å². The molecule has 0 N–H and O–H groups in total. The number of aliphatic imine (C=N–C) groups is 1. The fraction of sp³-hybridized carbons (Fsp3) is 0.135. The molecule has 0 spiro atoms. The fourth-order valence-electron chi connectivity index (χ4n) is 13.0.